The Kier molecular flexibility index (Phi) is 5.18. The highest BCUT2D eigenvalue weighted by Crippen LogP contribution is 2.19. The molecule has 0 aromatic heterocycles. The molecular weight excluding hydrogens is 320 g/mol. The minimum Gasteiger partial charge on any atom is -0.489 e. The van der Waals surface area contributed by atoms with E-state index in [9.17, 15) is 4.79 Å². The monoisotopic (exact) mass is 334 g/mol. The Bertz CT molecular complexity index is 579. The zero-order chi connectivity index (χ0) is 14.4. The summed E-state index contributed by atoms with van der Waals surface area (Å²) >= 11 is 3.48. The lowest BCUT2D eigenvalue weighted by Gasteiger charge is -2.08. The van der Waals surface area contributed by atoms with E-state index in [0.29, 0.717) is 13.0 Å². The summed E-state index contributed by atoms with van der Waals surface area (Å²) in [5.41, 5.74) is 2.09. The van der Waals surface area contributed by atoms with E-state index < -0.39 is 5.97 Å². The molecule has 0 saturated carbocycles. The van der Waals surface area contributed by atoms with Crippen LogP contribution in [0.25, 0.3) is 0 Å². The van der Waals surface area contributed by atoms with Crippen molar-refractivity contribution in [2.75, 3.05) is 0 Å². The van der Waals surface area contributed by atoms with Crippen molar-refractivity contribution in [2.24, 2.45) is 0 Å². The maximum atomic E-state index is 10.5. The van der Waals surface area contributed by atoms with Crippen molar-refractivity contribution in [2.45, 2.75) is 19.4 Å². The Hall–Kier alpha value is -1.81. The van der Waals surface area contributed by atoms with Crippen LogP contribution in [0, 0.1) is 0 Å². The summed E-state index contributed by atoms with van der Waals surface area (Å²) in [7, 11) is 0. The van der Waals surface area contributed by atoms with Gasteiger partial charge in [0.05, 0.1) is 0 Å². The molecule has 20 heavy (non-hydrogen) atoms. The third-order valence-corrected chi connectivity index (χ3v) is 3.68. The lowest BCUT2D eigenvalue weighted by atomic mass is 10.1. The van der Waals surface area contributed by atoms with Crippen molar-refractivity contribution >= 4 is 21.9 Å². The Morgan fingerprint density at radius 3 is 2.45 bits per heavy atom. The van der Waals surface area contributed by atoms with E-state index in [1.54, 1.807) is 0 Å². The van der Waals surface area contributed by atoms with Crippen LogP contribution in [0.3, 0.4) is 0 Å². The second-order valence-corrected chi connectivity index (χ2v) is 5.27. The number of halogens is 1. The third kappa shape index (κ3) is 4.38. The van der Waals surface area contributed by atoms with Crippen LogP contribution in [0.15, 0.2) is 53.0 Å². The minimum absolute atomic E-state index is 0.150. The maximum absolute atomic E-state index is 10.5. The molecular formula is C16H15BrO3. The van der Waals surface area contributed by atoms with E-state index in [0.717, 1.165) is 21.3 Å². The van der Waals surface area contributed by atoms with Crippen LogP contribution >= 0.6 is 15.9 Å². The maximum Gasteiger partial charge on any atom is 0.303 e. The molecule has 1 N–H and O–H groups in total. The number of benzene rings is 2. The quantitative estimate of drug-likeness (QED) is 0.866. The van der Waals surface area contributed by atoms with E-state index in [1.807, 2.05) is 48.5 Å². The number of rotatable bonds is 6. The van der Waals surface area contributed by atoms with Gasteiger partial charge in [0, 0.05) is 16.5 Å². The molecule has 0 saturated heterocycles. The van der Waals surface area contributed by atoms with Gasteiger partial charge in [-0.05, 0) is 30.2 Å². The van der Waals surface area contributed by atoms with Gasteiger partial charge in [0.25, 0.3) is 0 Å². The molecule has 0 spiro atoms. The summed E-state index contributed by atoms with van der Waals surface area (Å²) in [5, 5.41) is 8.64. The fraction of sp³-hybridized carbons (Fsp3) is 0.188. The predicted octanol–water partition coefficient (Wildman–Crippen LogP) is 4.05. The number of carboxylic acid groups (broad SMARTS) is 1. The molecule has 0 amide bonds. The van der Waals surface area contributed by atoms with Crippen molar-refractivity contribution in [3.05, 3.63) is 64.1 Å². The van der Waals surface area contributed by atoms with E-state index in [-0.39, 0.29) is 6.42 Å². The van der Waals surface area contributed by atoms with Gasteiger partial charge in [-0.3, -0.25) is 4.79 Å². The summed E-state index contributed by atoms with van der Waals surface area (Å²) in [4.78, 5) is 10.5. The number of ether oxygens (including phenoxy) is 1. The van der Waals surface area contributed by atoms with Crippen molar-refractivity contribution in [1.29, 1.82) is 0 Å². The van der Waals surface area contributed by atoms with E-state index in [1.165, 1.54) is 0 Å². The first-order valence-corrected chi connectivity index (χ1v) is 7.11. The van der Waals surface area contributed by atoms with Crippen molar-refractivity contribution < 1.29 is 14.6 Å². The SMILES string of the molecule is O=C(O)CCc1ccc(OCc2ccccc2Br)cc1. The topological polar surface area (TPSA) is 46.5 Å². The second-order valence-electron chi connectivity index (χ2n) is 4.42. The average Bonchev–Trinajstić information content (AvgIpc) is 2.45. The highest BCUT2D eigenvalue weighted by atomic mass is 79.9. The predicted molar refractivity (Wildman–Crippen MR) is 80.9 cm³/mol. The fourth-order valence-electron chi connectivity index (χ4n) is 1.78. The molecule has 0 unspecified atom stereocenters. The molecule has 0 heterocycles. The van der Waals surface area contributed by atoms with Crippen LogP contribution in [-0.4, -0.2) is 11.1 Å². The molecule has 0 atom stereocenters. The molecule has 0 aliphatic heterocycles. The summed E-state index contributed by atoms with van der Waals surface area (Å²) in [6, 6.07) is 15.5. The smallest absolute Gasteiger partial charge is 0.303 e. The molecule has 2 rings (SSSR count). The van der Waals surface area contributed by atoms with Gasteiger partial charge < -0.3 is 9.84 Å². The Morgan fingerprint density at radius 1 is 1.10 bits per heavy atom. The number of hydrogen-bond donors (Lipinski definition) is 1. The molecule has 0 aliphatic rings. The van der Waals surface area contributed by atoms with E-state index in [2.05, 4.69) is 15.9 Å². The molecule has 0 fully saturated rings. The summed E-state index contributed by atoms with van der Waals surface area (Å²) in [6.07, 6.45) is 0.691. The average molecular weight is 335 g/mol. The van der Waals surface area contributed by atoms with Crippen LogP contribution in [-0.2, 0) is 17.8 Å². The van der Waals surface area contributed by atoms with Gasteiger partial charge in [0.15, 0.2) is 0 Å². The largest absolute Gasteiger partial charge is 0.489 e. The number of aryl methyl sites for hydroxylation is 1. The van der Waals surface area contributed by atoms with Crippen LogP contribution in [0.2, 0.25) is 0 Å². The lowest BCUT2D eigenvalue weighted by molar-refractivity contribution is -0.136. The fourth-order valence-corrected chi connectivity index (χ4v) is 2.18. The van der Waals surface area contributed by atoms with Gasteiger partial charge in [-0.15, -0.1) is 0 Å². The van der Waals surface area contributed by atoms with Crippen LogP contribution < -0.4 is 4.74 Å². The van der Waals surface area contributed by atoms with Crippen LogP contribution in [0.5, 0.6) is 5.75 Å². The number of aliphatic carboxylic acids is 1. The van der Waals surface area contributed by atoms with Gasteiger partial charge >= 0.3 is 5.97 Å². The molecule has 2 aromatic rings. The molecule has 2 aromatic carbocycles. The minimum atomic E-state index is -0.778. The van der Waals surface area contributed by atoms with Crippen molar-refractivity contribution in [3.8, 4) is 5.75 Å². The van der Waals surface area contributed by atoms with Gasteiger partial charge in [-0.25, -0.2) is 0 Å². The number of carbonyl (C=O) groups is 1. The Balaban J connectivity index is 1.91. The van der Waals surface area contributed by atoms with Gasteiger partial charge in [-0.2, -0.15) is 0 Å². The van der Waals surface area contributed by atoms with E-state index >= 15 is 0 Å². The molecule has 0 aliphatic carbocycles. The van der Waals surface area contributed by atoms with Crippen LogP contribution in [0.4, 0.5) is 0 Å². The highest BCUT2D eigenvalue weighted by molar-refractivity contribution is 9.10. The molecule has 4 heteroatoms. The summed E-state index contributed by atoms with van der Waals surface area (Å²) < 4.78 is 6.73. The Labute approximate surface area is 126 Å². The molecule has 0 radical (unpaired) electrons. The van der Waals surface area contributed by atoms with Gasteiger partial charge in [-0.1, -0.05) is 46.3 Å². The molecule has 0 bridgehead atoms. The second kappa shape index (κ2) is 7.10. The first-order chi connectivity index (χ1) is 9.65. The summed E-state index contributed by atoms with van der Waals surface area (Å²) in [5.74, 6) is -0.000850. The Morgan fingerprint density at radius 2 is 1.80 bits per heavy atom. The lowest BCUT2D eigenvalue weighted by Crippen LogP contribution is -1.98. The third-order valence-electron chi connectivity index (χ3n) is 2.90. The van der Waals surface area contributed by atoms with E-state index in [4.69, 9.17) is 9.84 Å². The number of hydrogen-bond acceptors (Lipinski definition) is 2. The first-order valence-electron chi connectivity index (χ1n) is 6.32. The summed E-state index contributed by atoms with van der Waals surface area (Å²) in [6.45, 7) is 0.496. The standard InChI is InChI=1S/C16H15BrO3/c17-15-4-2-1-3-13(15)11-20-14-8-5-12(6-9-14)7-10-16(18)19/h1-6,8-9H,7,10-11H2,(H,18,19). The molecule has 3 nitrogen and oxygen atoms in total. The van der Waals surface area contributed by atoms with Crippen LogP contribution in [0.1, 0.15) is 17.5 Å². The molecule has 104 valence electrons. The van der Waals surface area contributed by atoms with Crippen molar-refractivity contribution in [3.63, 3.8) is 0 Å². The normalized spacial score (nSPS) is 10.2. The highest BCUT2D eigenvalue weighted by Gasteiger charge is 2.02. The zero-order valence-electron chi connectivity index (χ0n) is 10.9. The van der Waals surface area contributed by atoms with Crippen molar-refractivity contribution in [1.82, 2.24) is 0 Å². The first kappa shape index (κ1) is 14.6. The van der Waals surface area contributed by atoms with Gasteiger partial charge in [0.2, 0.25) is 0 Å². The van der Waals surface area contributed by atoms with Gasteiger partial charge in [0.1, 0.15) is 12.4 Å². The zero-order valence-corrected chi connectivity index (χ0v) is 12.5. The number of carboxylic acids is 1.